The number of hydrogen-bond acceptors (Lipinski definition) is 5. The molecular weight excluding hydrogens is 375 g/mol. The summed E-state index contributed by atoms with van der Waals surface area (Å²) in [5, 5.41) is 13.7. The molecule has 1 aromatic rings. The van der Waals surface area contributed by atoms with Crippen molar-refractivity contribution in [1.82, 2.24) is 9.88 Å². The van der Waals surface area contributed by atoms with Crippen molar-refractivity contribution in [2.45, 2.75) is 58.0 Å². The van der Waals surface area contributed by atoms with Gasteiger partial charge >= 0.3 is 5.97 Å². The Bertz CT molecular complexity index is 1080. The number of esters is 1. The third-order valence-corrected chi connectivity index (χ3v) is 6.54. The van der Waals surface area contributed by atoms with Crippen LogP contribution in [-0.2, 0) is 22.7 Å². The minimum absolute atomic E-state index is 0.0742. The molecule has 0 bridgehead atoms. The molecule has 152 valence electrons. The van der Waals surface area contributed by atoms with E-state index in [-0.39, 0.29) is 36.0 Å². The van der Waals surface area contributed by atoms with Gasteiger partial charge in [-0.3, -0.25) is 10.1 Å². The van der Waals surface area contributed by atoms with Crippen molar-refractivity contribution in [1.29, 1.82) is 0 Å². The van der Waals surface area contributed by atoms with E-state index in [1.807, 2.05) is 6.08 Å². The van der Waals surface area contributed by atoms with Gasteiger partial charge in [0.15, 0.2) is 6.10 Å². The predicted octanol–water partition coefficient (Wildman–Crippen LogP) is 2.49. The molecule has 0 radical (unpaired) electrons. The Morgan fingerprint density at radius 2 is 2.17 bits per heavy atom. The first kappa shape index (κ1) is 18.5. The van der Waals surface area contributed by atoms with Crippen LogP contribution in [0, 0.1) is 5.92 Å². The summed E-state index contributed by atoms with van der Waals surface area (Å²) in [5.74, 6) is -0.899. The van der Waals surface area contributed by atoms with Crippen LogP contribution in [0.1, 0.15) is 55.7 Å². The summed E-state index contributed by atoms with van der Waals surface area (Å²) >= 11 is 0. The van der Waals surface area contributed by atoms with Gasteiger partial charge in [-0.25, -0.2) is 9.18 Å². The van der Waals surface area contributed by atoms with Gasteiger partial charge in [-0.2, -0.15) is 0 Å². The summed E-state index contributed by atoms with van der Waals surface area (Å²) in [6.07, 6.45) is 3.90. The standard InChI is InChI=1S/C22H23FN2O4/c1-3-4-11-12-5-10(2)16(23)7-17(12)24-19-14(11)8-25-18(19)6-13-15(21(25)27)9-29-22(28)20(13)26/h5-7,14,17,19-20,24,26H,3-4,8-9H2,1-2H3/t14?,17?,19?,20-/m0/s1. The van der Waals surface area contributed by atoms with Gasteiger partial charge in [0.1, 0.15) is 12.4 Å². The Balaban J connectivity index is 1.66. The molecule has 4 aliphatic rings. The zero-order valence-electron chi connectivity index (χ0n) is 16.4. The smallest absolute Gasteiger partial charge is 0.340 e. The van der Waals surface area contributed by atoms with Crippen LogP contribution in [0.3, 0.4) is 0 Å². The molecule has 5 rings (SSSR count). The minimum Gasteiger partial charge on any atom is -0.458 e. The molecule has 7 heteroatoms. The van der Waals surface area contributed by atoms with Gasteiger partial charge in [0.05, 0.1) is 17.6 Å². The summed E-state index contributed by atoms with van der Waals surface area (Å²) in [6.45, 7) is 4.29. The van der Waals surface area contributed by atoms with Crippen LogP contribution in [0.25, 0.3) is 0 Å². The van der Waals surface area contributed by atoms with Crippen molar-refractivity contribution in [3.05, 3.63) is 67.9 Å². The Morgan fingerprint density at radius 3 is 2.93 bits per heavy atom. The van der Waals surface area contributed by atoms with Crippen LogP contribution in [0.4, 0.5) is 4.39 Å². The molecule has 0 amide bonds. The second kappa shape index (κ2) is 6.50. The molecule has 0 fully saturated rings. The molecule has 1 aromatic heterocycles. The van der Waals surface area contributed by atoms with Crippen LogP contribution in [-0.4, -0.2) is 21.7 Å². The summed E-state index contributed by atoms with van der Waals surface area (Å²) in [4.78, 5) is 24.9. The van der Waals surface area contributed by atoms with E-state index in [2.05, 4.69) is 12.2 Å². The van der Waals surface area contributed by atoms with Gasteiger partial charge in [0, 0.05) is 23.7 Å². The van der Waals surface area contributed by atoms with E-state index in [0.29, 0.717) is 23.2 Å². The number of aromatic nitrogens is 1. The van der Waals surface area contributed by atoms with Crippen molar-refractivity contribution in [2.75, 3.05) is 0 Å². The van der Waals surface area contributed by atoms with Crippen LogP contribution >= 0.6 is 0 Å². The van der Waals surface area contributed by atoms with Crippen LogP contribution < -0.4 is 10.9 Å². The molecule has 29 heavy (non-hydrogen) atoms. The number of hydrogen-bond donors (Lipinski definition) is 2. The second-order valence-corrected chi connectivity index (χ2v) is 8.23. The lowest BCUT2D eigenvalue weighted by atomic mass is 9.77. The van der Waals surface area contributed by atoms with E-state index < -0.39 is 12.1 Å². The fourth-order valence-electron chi connectivity index (χ4n) is 5.13. The first-order valence-corrected chi connectivity index (χ1v) is 10.1. The molecule has 0 saturated heterocycles. The topological polar surface area (TPSA) is 80.6 Å². The van der Waals surface area contributed by atoms with Crippen molar-refractivity contribution in [2.24, 2.45) is 5.92 Å². The quantitative estimate of drug-likeness (QED) is 0.749. The maximum absolute atomic E-state index is 14.3. The fraction of sp³-hybridized carbons (Fsp3) is 0.455. The molecule has 2 N–H and O–H groups in total. The number of allylic oxidation sites excluding steroid dienone is 2. The molecule has 3 aliphatic heterocycles. The summed E-state index contributed by atoms with van der Waals surface area (Å²) in [6, 6.07) is 1.32. The third kappa shape index (κ3) is 2.60. The second-order valence-electron chi connectivity index (χ2n) is 8.23. The Hall–Kier alpha value is -2.51. The van der Waals surface area contributed by atoms with Gasteiger partial charge in [-0.05, 0) is 36.6 Å². The van der Waals surface area contributed by atoms with Crippen molar-refractivity contribution >= 4 is 5.97 Å². The Labute approximate surface area is 167 Å². The van der Waals surface area contributed by atoms with Gasteiger partial charge in [0.25, 0.3) is 5.56 Å². The van der Waals surface area contributed by atoms with Crippen LogP contribution in [0.2, 0.25) is 0 Å². The lowest BCUT2D eigenvalue weighted by Gasteiger charge is -2.37. The lowest BCUT2D eigenvalue weighted by Crippen LogP contribution is -2.42. The van der Waals surface area contributed by atoms with Gasteiger partial charge in [-0.1, -0.05) is 25.0 Å². The van der Waals surface area contributed by atoms with E-state index in [0.717, 1.165) is 24.1 Å². The van der Waals surface area contributed by atoms with E-state index in [1.165, 1.54) is 5.57 Å². The van der Waals surface area contributed by atoms with Crippen molar-refractivity contribution in [3.63, 3.8) is 0 Å². The summed E-state index contributed by atoms with van der Waals surface area (Å²) < 4.78 is 20.9. The number of aliphatic hydroxyl groups is 1. The number of aliphatic hydroxyl groups excluding tert-OH is 1. The third-order valence-electron chi connectivity index (χ3n) is 6.54. The SMILES string of the molecule is CCCC1=C2C=C(C)C(F)=CC2NC2c3cc4c(c(=O)n3CC12)COC(=O)[C@H]4O. The minimum atomic E-state index is -1.45. The maximum Gasteiger partial charge on any atom is 0.340 e. The molecule has 0 saturated carbocycles. The number of cyclic esters (lactones) is 1. The zero-order chi connectivity index (χ0) is 20.4. The van der Waals surface area contributed by atoms with Crippen LogP contribution in [0.5, 0.6) is 0 Å². The molecule has 3 unspecified atom stereocenters. The van der Waals surface area contributed by atoms with Crippen molar-refractivity contribution in [3.8, 4) is 0 Å². The van der Waals surface area contributed by atoms with Crippen LogP contribution in [0.15, 0.2) is 45.6 Å². The fourth-order valence-corrected chi connectivity index (χ4v) is 5.13. The largest absolute Gasteiger partial charge is 0.458 e. The number of nitrogens with one attached hydrogen (secondary N) is 1. The zero-order valence-corrected chi connectivity index (χ0v) is 16.4. The number of pyridine rings is 1. The van der Waals surface area contributed by atoms with Gasteiger partial charge < -0.3 is 14.4 Å². The predicted molar refractivity (Wildman–Crippen MR) is 103 cm³/mol. The maximum atomic E-state index is 14.3. The molecular formula is C22H23FN2O4. The highest BCUT2D eigenvalue weighted by Gasteiger charge is 2.44. The highest BCUT2D eigenvalue weighted by Crippen LogP contribution is 2.45. The Kier molecular flexibility index (Phi) is 4.15. The number of rotatable bonds is 2. The van der Waals surface area contributed by atoms with E-state index in [4.69, 9.17) is 4.74 Å². The molecule has 4 heterocycles. The highest BCUT2D eigenvalue weighted by molar-refractivity contribution is 5.78. The first-order valence-electron chi connectivity index (χ1n) is 10.1. The first-order chi connectivity index (χ1) is 13.9. The molecule has 4 atom stereocenters. The van der Waals surface area contributed by atoms with Gasteiger partial charge in [-0.15, -0.1) is 0 Å². The monoisotopic (exact) mass is 398 g/mol. The number of fused-ring (bicyclic) bond motifs is 5. The molecule has 0 aromatic carbocycles. The van der Waals surface area contributed by atoms with E-state index >= 15 is 0 Å². The van der Waals surface area contributed by atoms with E-state index in [1.54, 1.807) is 23.6 Å². The summed E-state index contributed by atoms with van der Waals surface area (Å²) in [7, 11) is 0. The van der Waals surface area contributed by atoms with E-state index in [9.17, 15) is 19.1 Å². The van der Waals surface area contributed by atoms with Crippen molar-refractivity contribution < 1.29 is 19.0 Å². The molecule has 1 aliphatic carbocycles. The number of carbonyl (C=O) groups excluding carboxylic acids is 1. The lowest BCUT2D eigenvalue weighted by molar-refractivity contribution is -0.157. The number of ether oxygens (including phenoxy) is 1. The highest BCUT2D eigenvalue weighted by atomic mass is 19.1. The molecule has 0 spiro atoms. The Morgan fingerprint density at radius 1 is 1.38 bits per heavy atom. The average molecular weight is 398 g/mol. The number of carbonyl (C=O) groups is 1. The number of halogens is 1. The number of nitrogens with zero attached hydrogens (tertiary/aromatic N) is 1. The summed E-state index contributed by atoms with van der Waals surface area (Å²) in [5.41, 5.74) is 4.13. The molecule has 6 nitrogen and oxygen atoms in total. The van der Waals surface area contributed by atoms with Gasteiger partial charge in [0.2, 0.25) is 0 Å². The average Bonchev–Trinajstić information content (AvgIpc) is 3.05. The normalized spacial score (nSPS) is 30.0.